The van der Waals surface area contributed by atoms with Crippen molar-refractivity contribution in [1.29, 1.82) is 0 Å². The highest BCUT2D eigenvalue weighted by atomic mass is 32.1. The molecule has 4 nitrogen and oxygen atoms in total. The Morgan fingerprint density at radius 2 is 1.81 bits per heavy atom. The summed E-state index contributed by atoms with van der Waals surface area (Å²) in [7, 11) is 1.28. The Balaban J connectivity index is 2.59. The maximum atomic E-state index is 12.0. The summed E-state index contributed by atoms with van der Waals surface area (Å²) in [5.41, 5.74) is 0.655. The number of hydrogen-bond acceptors (Lipinski definition) is 4. The summed E-state index contributed by atoms with van der Waals surface area (Å²) in [4.78, 5) is 25.3. The van der Waals surface area contributed by atoms with E-state index in [0.29, 0.717) is 5.56 Å². The fourth-order valence-corrected chi connectivity index (χ4v) is 2.76. The van der Waals surface area contributed by atoms with Crippen molar-refractivity contribution in [2.45, 2.75) is 6.92 Å². The fourth-order valence-electron chi connectivity index (χ4n) is 1.93. The highest BCUT2D eigenvalue weighted by Gasteiger charge is 2.19. The summed E-state index contributed by atoms with van der Waals surface area (Å²) in [6.07, 6.45) is 1.66. The zero-order valence-electron chi connectivity index (χ0n) is 11.6. The van der Waals surface area contributed by atoms with Crippen LogP contribution in [-0.2, 0) is 9.53 Å². The lowest BCUT2D eigenvalue weighted by atomic mass is 9.99. The third-order valence-corrected chi connectivity index (χ3v) is 3.85. The number of hydrogen-bond donors (Lipinski definition) is 1. The van der Waals surface area contributed by atoms with Crippen molar-refractivity contribution >= 4 is 34.9 Å². The van der Waals surface area contributed by atoms with Crippen molar-refractivity contribution in [3.05, 3.63) is 57.3 Å². The van der Waals surface area contributed by atoms with Gasteiger partial charge in [-0.05, 0) is 31.2 Å². The lowest BCUT2D eigenvalue weighted by molar-refractivity contribution is -0.133. The predicted molar refractivity (Wildman–Crippen MR) is 82.3 cm³/mol. The Morgan fingerprint density at radius 1 is 1.14 bits per heavy atom. The van der Waals surface area contributed by atoms with E-state index < -0.39 is 11.9 Å². The first kappa shape index (κ1) is 15.0. The van der Waals surface area contributed by atoms with Gasteiger partial charge in [-0.2, -0.15) is 0 Å². The van der Waals surface area contributed by atoms with Gasteiger partial charge in [-0.25, -0.2) is 9.59 Å². The minimum Gasteiger partial charge on any atom is -0.478 e. The number of ether oxygens (including phenoxy) is 1. The van der Waals surface area contributed by atoms with E-state index in [2.05, 4.69) is 0 Å². The van der Waals surface area contributed by atoms with Crippen molar-refractivity contribution in [1.82, 2.24) is 0 Å². The summed E-state index contributed by atoms with van der Waals surface area (Å²) >= 11 is 1.52. The Morgan fingerprint density at radius 3 is 2.33 bits per heavy atom. The van der Waals surface area contributed by atoms with Gasteiger partial charge in [-0.1, -0.05) is 18.2 Å². The van der Waals surface area contributed by atoms with Crippen LogP contribution in [0.25, 0.3) is 11.6 Å². The first-order valence-electron chi connectivity index (χ1n) is 6.22. The molecule has 0 radical (unpaired) electrons. The van der Waals surface area contributed by atoms with E-state index in [1.807, 2.05) is 19.1 Å². The van der Waals surface area contributed by atoms with Crippen molar-refractivity contribution < 1.29 is 19.4 Å². The molecular formula is C16H14O4S. The molecule has 0 saturated heterocycles. The number of thiophene rings is 1. The minimum absolute atomic E-state index is 0.0717. The molecule has 1 N–H and O–H groups in total. The third-order valence-electron chi connectivity index (χ3n) is 2.90. The lowest BCUT2D eigenvalue weighted by Crippen LogP contribution is -2.09. The van der Waals surface area contributed by atoms with E-state index in [1.165, 1.54) is 24.5 Å². The van der Waals surface area contributed by atoms with Gasteiger partial charge in [0.1, 0.15) is 0 Å². The second-order valence-electron chi connectivity index (χ2n) is 4.35. The van der Waals surface area contributed by atoms with Crippen molar-refractivity contribution in [3.63, 3.8) is 0 Å². The van der Waals surface area contributed by atoms with Crippen LogP contribution in [-0.4, -0.2) is 24.2 Å². The van der Waals surface area contributed by atoms with Crippen molar-refractivity contribution in [3.8, 4) is 0 Å². The average molecular weight is 302 g/mol. The number of carboxylic acid groups (broad SMARTS) is 1. The second-order valence-corrected chi connectivity index (χ2v) is 5.67. The number of esters is 1. The number of aryl methyl sites for hydroxylation is 1. The summed E-state index contributed by atoms with van der Waals surface area (Å²) in [5.74, 6) is -1.64. The molecule has 0 saturated carbocycles. The van der Waals surface area contributed by atoms with E-state index in [4.69, 9.17) is 4.74 Å². The van der Waals surface area contributed by atoms with Gasteiger partial charge in [-0.15, -0.1) is 11.3 Å². The van der Waals surface area contributed by atoms with Crippen LogP contribution in [0.5, 0.6) is 0 Å². The van der Waals surface area contributed by atoms with Gasteiger partial charge in [0, 0.05) is 15.3 Å². The molecule has 1 aromatic carbocycles. The van der Waals surface area contributed by atoms with E-state index in [-0.39, 0.29) is 11.1 Å². The van der Waals surface area contributed by atoms with E-state index in [0.717, 1.165) is 9.75 Å². The maximum Gasteiger partial charge on any atom is 0.338 e. The van der Waals surface area contributed by atoms with E-state index >= 15 is 0 Å². The molecule has 0 aliphatic heterocycles. The zero-order valence-corrected chi connectivity index (χ0v) is 12.4. The van der Waals surface area contributed by atoms with Gasteiger partial charge >= 0.3 is 11.9 Å². The van der Waals surface area contributed by atoms with Crippen LogP contribution in [0, 0.1) is 6.92 Å². The average Bonchev–Trinajstić information content (AvgIpc) is 2.89. The van der Waals surface area contributed by atoms with Gasteiger partial charge in [-0.3, -0.25) is 0 Å². The molecule has 0 bridgehead atoms. The molecule has 0 spiro atoms. The van der Waals surface area contributed by atoms with Crippen LogP contribution >= 0.6 is 11.3 Å². The van der Waals surface area contributed by atoms with E-state index in [9.17, 15) is 14.7 Å². The van der Waals surface area contributed by atoms with Gasteiger partial charge in [0.05, 0.1) is 18.2 Å². The molecule has 0 fully saturated rings. The Kier molecular flexibility index (Phi) is 4.55. The highest BCUT2D eigenvalue weighted by Crippen LogP contribution is 2.26. The van der Waals surface area contributed by atoms with Crippen molar-refractivity contribution in [2.24, 2.45) is 0 Å². The Labute approximate surface area is 126 Å². The van der Waals surface area contributed by atoms with Crippen LogP contribution in [0.2, 0.25) is 0 Å². The topological polar surface area (TPSA) is 63.6 Å². The molecule has 0 unspecified atom stereocenters. The quantitative estimate of drug-likeness (QED) is 0.694. The van der Waals surface area contributed by atoms with Gasteiger partial charge in [0.25, 0.3) is 0 Å². The van der Waals surface area contributed by atoms with Crippen LogP contribution in [0.4, 0.5) is 0 Å². The molecule has 0 amide bonds. The van der Waals surface area contributed by atoms with Gasteiger partial charge < -0.3 is 9.84 Å². The zero-order chi connectivity index (χ0) is 15.4. The summed E-state index contributed by atoms with van der Waals surface area (Å²) in [6, 6.07) is 10.2. The molecule has 0 atom stereocenters. The summed E-state index contributed by atoms with van der Waals surface area (Å²) in [5, 5.41) is 9.26. The minimum atomic E-state index is -1.08. The smallest absolute Gasteiger partial charge is 0.338 e. The molecule has 21 heavy (non-hydrogen) atoms. The van der Waals surface area contributed by atoms with Gasteiger partial charge in [0.15, 0.2) is 0 Å². The van der Waals surface area contributed by atoms with Crippen LogP contribution in [0.15, 0.2) is 36.4 Å². The number of aromatic carboxylic acids is 1. The SMILES string of the molecule is COC(=O)/C(=C/c1ccc(C)s1)c1ccccc1C(=O)O. The molecule has 2 aromatic rings. The Hall–Kier alpha value is -2.40. The largest absolute Gasteiger partial charge is 0.478 e. The number of carbonyl (C=O) groups is 2. The lowest BCUT2D eigenvalue weighted by Gasteiger charge is -2.08. The standard InChI is InChI=1S/C16H14O4S/c1-10-7-8-11(21-10)9-14(16(19)20-2)12-5-3-4-6-13(12)15(17)18/h3-9H,1-2H3,(H,17,18)/b14-9+. The molecular weight excluding hydrogens is 288 g/mol. The number of benzene rings is 1. The highest BCUT2D eigenvalue weighted by molar-refractivity contribution is 7.12. The number of rotatable bonds is 4. The number of methoxy groups -OCH3 is 1. The molecule has 108 valence electrons. The van der Waals surface area contributed by atoms with Gasteiger partial charge in [0.2, 0.25) is 0 Å². The summed E-state index contributed by atoms with van der Waals surface area (Å²) < 4.78 is 4.78. The number of carboxylic acids is 1. The van der Waals surface area contributed by atoms with E-state index in [1.54, 1.807) is 24.3 Å². The normalized spacial score (nSPS) is 11.2. The first-order valence-corrected chi connectivity index (χ1v) is 7.03. The maximum absolute atomic E-state index is 12.0. The number of carbonyl (C=O) groups excluding carboxylic acids is 1. The predicted octanol–water partition coefficient (Wildman–Crippen LogP) is 3.47. The Bertz CT molecular complexity index is 713. The fraction of sp³-hybridized carbons (Fsp3) is 0.125. The molecule has 0 aliphatic carbocycles. The van der Waals surface area contributed by atoms with Crippen LogP contribution in [0.3, 0.4) is 0 Å². The third kappa shape index (κ3) is 3.38. The monoisotopic (exact) mass is 302 g/mol. The summed E-state index contributed by atoms with van der Waals surface area (Å²) in [6.45, 7) is 1.96. The van der Waals surface area contributed by atoms with Crippen LogP contribution in [0.1, 0.15) is 25.7 Å². The molecule has 1 heterocycles. The first-order chi connectivity index (χ1) is 10.0. The molecule has 0 aliphatic rings. The molecule has 2 rings (SSSR count). The van der Waals surface area contributed by atoms with Crippen LogP contribution < -0.4 is 0 Å². The molecule has 5 heteroatoms. The van der Waals surface area contributed by atoms with Crippen molar-refractivity contribution in [2.75, 3.05) is 7.11 Å². The second kappa shape index (κ2) is 6.37. The molecule has 1 aromatic heterocycles.